The van der Waals surface area contributed by atoms with Gasteiger partial charge >= 0.3 is 12.0 Å². The fraction of sp³-hybridized carbons (Fsp3) is 0.421. The van der Waals surface area contributed by atoms with E-state index >= 15 is 0 Å². The molecular formula is C19H23N3O5. The van der Waals surface area contributed by atoms with E-state index in [-0.39, 0.29) is 19.1 Å². The van der Waals surface area contributed by atoms with Crippen LogP contribution in [0.3, 0.4) is 0 Å². The first-order valence-corrected chi connectivity index (χ1v) is 9.02. The van der Waals surface area contributed by atoms with Gasteiger partial charge < -0.3 is 20.1 Å². The summed E-state index contributed by atoms with van der Waals surface area (Å²) in [6, 6.07) is 6.13. The molecule has 2 heterocycles. The second kappa shape index (κ2) is 8.11. The Morgan fingerprint density at radius 1 is 1.30 bits per heavy atom. The number of nitrogens with zero attached hydrogens (tertiary/aromatic N) is 1. The van der Waals surface area contributed by atoms with E-state index in [0.29, 0.717) is 30.2 Å². The van der Waals surface area contributed by atoms with Crippen molar-refractivity contribution >= 4 is 17.9 Å². The molecule has 0 saturated carbocycles. The molecule has 0 radical (unpaired) electrons. The maximum Gasteiger partial charge on any atom is 0.338 e. The Hall–Kier alpha value is -3.03. The molecule has 27 heavy (non-hydrogen) atoms. The van der Waals surface area contributed by atoms with Crippen LogP contribution in [-0.2, 0) is 14.3 Å². The number of esters is 1. The van der Waals surface area contributed by atoms with Crippen molar-refractivity contribution in [2.24, 2.45) is 0 Å². The van der Waals surface area contributed by atoms with Crippen LogP contribution in [0.2, 0.25) is 0 Å². The highest BCUT2D eigenvalue weighted by Crippen LogP contribution is 2.35. The number of nitrogens with one attached hydrogen (secondary N) is 2. The van der Waals surface area contributed by atoms with Gasteiger partial charge in [-0.1, -0.05) is 19.1 Å². The predicted octanol–water partition coefficient (Wildman–Crippen LogP) is 1.49. The van der Waals surface area contributed by atoms with Gasteiger partial charge in [0.15, 0.2) is 0 Å². The van der Waals surface area contributed by atoms with Crippen LogP contribution in [0, 0.1) is 0 Å². The second-order valence-electron chi connectivity index (χ2n) is 6.26. The minimum absolute atomic E-state index is 0.0177. The van der Waals surface area contributed by atoms with E-state index in [1.807, 2.05) is 13.8 Å². The van der Waals surface area contributed by atoms with E-state index in [1.54, 1.807) is 24.3 Å². The molecule has 8 heteroatoms. The normalized spacial score (nSPS) is 18.7. The number of amides is 3. The summed E-state index contributed by atoms with van der Waals surface area (Å²) in [6.07, 6.45) is 0.799. The van der Waals surface area contributed by atoms with E-state index in [0.717, 1.165) is 12.0 Å². The third-order valence-corrected chi connectivity index (χ3v) is 4.40. The molecule has 3 amide bonds. The van der Waals surface area contributed by atoms with Crippen molar-refractivity contribution in [1.29, 1.82) is 0 Å². The van der Waals surface area contributed by atoms with Crippen molar-refractivity contribution in [2.45, 2.75) is 26.3 Å². The Morgan fingerprint density at radius 2 is 2.04 bits per heavy atom. The number of carbonyl (C=O) groups is 3. The first-order chi connectivity index (χ1) is 13.0. The van der Waals surface area contributed by atoms with Gasteiger partial charge in [0, 0.05) is 6.54 Å². The fourth-order valence-electron chi connectivity index (χ4n) is 3.12. The molecule has 0 saturated heterocycles. The van der Waals surface area contributed by atoms with E-state index in [2.05, 4.69) is 10.6 Å². The summed E-state index contributed by atoms with van der Waals surface area (Å²) >= 11 is 0. The van der Waals surface area contributed by atoms with Crippen molar-refractivity contribution in [3.05, 3.63) is 41.1 Å². The van der Waals surface area contributed by atoms with Crippen molar-refractivity contribution < 1.29 is 23.9 Å². The Kier molecular flexibility index (Phi) is 5.63. The lowest BCUT2D eigenvalue weighted by atomic mass is 9.95. The molecule has 0 aliphatic carbocycles. The van der Waals surface area contributed by atoms with Crippen molar-refractivity contribution in [1.82, 2.24) is 15.5 Å². The van der Waals surface area contributed by atoms with Gasteiger partial charge in [0.25, 0.3) is 0 Å². The second-order valence-corrected chi connectivity index (χ2v) is 6.26. The van der Waals surface area contributed by atoms with Crippen molar-refractivity contribution in [3.8, 4) is 5.75 Å². The molecule has 0 fully saturated rings. The molecule has 1 aromatic rings. The van der Waals surface area contributed by atoms with Gasteiger partial charge in [-0.2, -0.15) is 0 Å². The van der Waals surface area contributed by atoms with Gasteiger partial charge in [-0.15, -0.1) is 0 Å². The van der Waals surface area contributed by atoms with Crippen LogP contribution in [-0.4, -0.2) is 49.1 Å². The lowest BCUT2D eigenvalue weighted by Gasteiger charge is -2.32. The van der Waals surface area contributed by atoms with Crippen LogP contribution in [0.25, 0.3) is 0 Å². The molecule has 8 nitrogen and oxygen atoms in total. The van der Waals surface area contributed by atoms with Gasteiger partial charge in [0.1, 0.15) is 18.9 Å². The van der Waals surface area contributed by atoms with Gasteiger partial charge in [-0.3, -0.25) is 9.69 Å². The number of benzene rings is 1. The van der Waals surface area contributed by atoms with Gasteiger partial charge in [0.05, 0.1) is 23.9 Å². The van der Waals surface area contributed by atoms with Crippen LogP contribution in [0.15, 0.2) is 35.5 Å². The highest BCUT2D eigenvalue weighted by Gasteiger charge is 2.42. The molecule has 1 atom stereocenters. The average molecular weight is 373 g/mol. The molecule has 2 aliphatic heterocycles. The lowest BCUT2D eigenvalue weighted by molar-refractivity contribution is -0.136. The number of hydrogen-bond acceptors (Lipinski definition) is 5. The zero-order valence-electron chi connectivity index (χ0n) is 15.4. The Bertz CT molecular complexity index is 772. The summed E-state index contributed by atoms with van der Waals surface area (Å²) < 4.78 is 10.6. The first-order valence-electron chi connectivity index (χ1n) is 9.02. The molecule has 2 aliphatic rings. The van der Waals surface area contributed by atoms with E-state index < -0.39 is 18.0 Å². The van der Waals surface area contributed by atoms with E-state index in [4.69, 9.17) is 9.47 Å². The highest BCUT2D eigenvalue weighted by molar-refractivity contribution is 5.98. The third-order valence-electron chi connectivity index (χ3n) is 4.40. The molecule has 2 N–H and O–H groups in total. The van der Waals surface area contributed by atoms with Crippen LogP contribution in [0.1, 0.15) is 31.9 Å². The van der Waals surface area contributed by atoms with Crippen molar-refractivity contribution in [3.63, 3.8) is 0 Å². The minimum Gasteiger partial charge on any atom is -0.494 e. The molecule has 1 aromatic carbocycles. The Morgan fingerprint density at radius 3 is 2.70 bits per heavy atom. The summed E-state index contributed by atoms with van der Waals surface area (Å²) in [4.78, 5) is 38.2. The zero-order chi connectivity index (χ0) is 19.4. The topological polar surface area (TPSA) is 97.0 Å². The SMILES string of the molecule is CCCNC(=O)CN1C(=O)N[C@@H](c2ccc(OCC)cc2)C2=C1COC2=O. The minimum atomic E-state index is -0.617. The molecule has 0 spiro atoms. The number of hydrogen-bond donors (Lipinski definition) is 2. The third kappa shape index (κ3) is 3.89. The first kappa shape index (κ1) is 18.8. The summed E-state index contributed by atoms with van der Waals surface area (Å²) in [7, 11) is 0. The van der Waals surface area contributed by atoms with Crippen LogP contribution in [0.5, 0.6) is 5.75 Å². The van der Waals surface area contributed by atoms with Gasteiger partial charge in [0.2, 0.25) is 5.91 Å². The van der Waals surface area contributed by atoms with Crippen LogP contribution in [0.4, 0.5) is 4.79 Å². The van der Waals surface area contributed by atoms with E-state index in [1.165, 1.54) is 4.90 Å². The van der Waals surface area contributed by atoms with Crippen LogP contribution < -0.4 is 15.4 Å². The monoisotopic (exact) mass is 373 g/mol. The maximum absolute atomic E-state index is 12.6. The highest BCUT2D eigenvalue weighted by atomic mass is 16.5. The average Bonchev–Trinajstić information content (AvgIpc) is 3.05. The van der Waals surface area contributed by atoms with Crippen LogP contribution >= 0.6 is 0 Å². The summed E-state index contributed by atoms with van der Waals surface area (Å²) in [5, 5.41) is 5.53. The largest absolute Gasteiger partial charge is 0.494 e. The summed E-state index contributed by atoms with van der Waals surface area (Å²) in [5.74, 6) is -0.0543. The molecule has 144 valence electrons. The molecule has 0 unspecified atom stereocenters. The van der Waals surface area contributed by atoms with E-state index in [9.17, 15) is 14.4 Å². The maximum atomic E-state index is 12.6. The standard InChI is InChI=1S/C19H23N3O5/c1-3-9-20-15(23)10-22-14-11-27-18(24)16(14)17(21-19(22)25)12-5-7-13(8-6-12)26-4-2/h5-8,17H,3-4,9-11H2,1-2H3,(H,20,23)(H,21,25)/t17-/m0/s1. The summed E-state index contributed by atoms with van der Waals surface area (Å²) in [6.45, 7) is 4.75. The molecule has 0 aromatic heterocycles. The predicted molar refractivity (Wildman–Crippen MR) is 96.9 cm³/mol. The molecule has 0 bridgehead atoms. The van der Waals surface area contributed by atoms with Gasteiger partial charge in [-0.05, 0) is 31.0 Å². The van der Waals surface area contributed by atoms with Gasteiger partial charge in [-0.25, -0.2) is 9.59 Å². The number of rotatable bonds is 7. The molecular weight excluding hydrogens is 350 g/mol. The Balaban J connectivity index is 1.86. The summed E-state index contributed by atoms with van der Waals surface area (Å²) in [5.41, 5.74) is 1.55. The fourth-order valence-corrected chi connectivity index (χ4v) is 3.12. The quantitative estimate of drug-likeness (QED) is 0.706. The number of ether oxygens (including phenoxy) is 2. The zero-order valence-corrected chi connectivity index (χ0v) is 15.4. The lowest BCUT2D eigenvalue weighted by Crippen LogP contribution is -2.50. The van der Waals surface area contributed by atoms with Crippen molar-refractivity contribution in [2.75, 3.05) is 26.3 Å². The number of cyclic esters (lactones) is 1. The smallest absolute Gasteiger partial charge is 0.338 e. The Labute approximate surface area is 157 Å². The number of urea groups is 1. The number of carbonyl (C=O) groups excluding carboxylic acids is 3. The molecule has 3 rings (SSSR count).